The molecule has 1 nitrogen and oxygen atoms in total. The van der Waals surface area contributed by atoms with Gasteiger partial charge in [-0.2, -0.15) is 0 Å². The zero-order valence-corrected chi connectivity index (χ0v) is 12.8. The van der Waals surface area contributed by atoms with Crippen molar-refractivity contribution in [2.45, 2.75) is 26.3 Å². The number of hydrogen-bond donors (Lipinski definition) is 1. The third-order valence-electron chi connectivity index (χ3n) is 3.37. The van der Waals surface area contributed by atoms with E-state index in [1.807, 2.05) is 19.1 Å². The van der Waals surface area contributed by atoms with E-state index in [0.29, 0.717) is 16.1 Å². The van der Waals surface area contributed by atoms with E-state index in [2.05, 4.69) is 5.32 Å². The van der Waals surface area contributed by atoms with E-state index in [1.165, 1.54) is 0 Å². The largest absolute Gasteiger partial charge is 0.306 e. The quantitative estimate of drug-likeness (QED) is 0.818. The van der Waals surface area contributed by atoms with Gasteiger partial charge in [-0.05, 0) is 49.2 Å². The first-order chi connectivity index (χ1) is 10.0. The van der Waals surface area contributed by atoms with Crippen LogP contribution in [0.4, 0.5) is 8.78 Å². The average Bonchev–Trinajstić information content (AvgIpc) is 2.44. The maximum atomic E-state index is 14.2. The molecule has 2 aromatic rings. The predicted molar refractivity (Wildman–Crippen MR) is 82.7 cm³/mol. The van der Waals surface area contributed by atoms with Crippen molar-refractivity contribution < 1.29 is 8.78 Å². The van der Waals surface area contributed by atoms with E-state index in [0.717, 1.165) is 24.6 Å². The highest BCUT2D eigenvalue weighted by atomic mass is 35.5. The van der Waals surface area contributed by atoms with E-state index in [4.69, 9.17) is 11.6 Å². The van der Waals surface area contributed by atoms with Crippen molar-refractivity contribution >= 4 is 11.6 Å². The van der Waals surface area contributed by atoms with Crippen LogP contribution in [0.1, 0.15) is 36.1 Å². The first-order valence-electron chi connectivity index (χ1n) is 6.97. The normalized spacial score (nSPS) is 12.4. The molecule has 0 aromatic heterocycles. The first-order valence-corrected chi connectivity index (χ1v) is 7.35. The Morgan fingerprint density at radius 2 is 1.90 bits per heavy atom. The van der Waals surface area contributed by atoms with Crippen LogP contribution in [-0.2, 0) is 0 Å². The lowest BCUT2D eigenvalue weighted by atomic mass is 9.96. The molecule has 0 bridgehead atoms. The topological polar surface area (TPSA) is 12.0 Å². The molecule has 2 aromatic carbocycles. The summed E-state index contributed by atoms with van der Waals surface area (Å²) in [4.78, 5) is 0. The molecule has 0 saturated carbocycles. The molecule has 1 N–H and O–H groups in total. The zero-order chi connectivity index (χ0) is 15.4. The molecule has 21 heavy (non-hydrogen) atoms. The Labute approximate surface area is 128 Å². The Morgan fingerprint density at radius 1 is 1.14 bits per heavy atom. The molecule has 0 heterocycles. The molecule has 0 fully saturated rings. The van der Waals surface area contributed by atoms with Crippen molar-refractivity contribution in [2.75, 3.05) is 6.54 Å². The van der Waals surface area contributed by atoms with Gasteiger partial charge in [0, 0.05) is 16.7 Å². The van der Waals surface area contributed by atoms with Crippen LogP contribution in [0.3, 0.4) is 0 Å². The zero-order valence-electron chi connectivity index (χ0n) is 12.1. The molecule has 2 rings (SSSR count). The molecule has 112 valence electrons. The molecule has 1 atom stereocenters. The summed E-state index contributed by atoms with van der Waals surface area (Å²) in [6.45, 7) is 4.40. The molecule has 0 spiro atoms. The Hall–Kier alpha value is -1.45. The molecular weight excluding hydrogens is 292 g/mol. The smallest absolute Gasteiger partial charge is 0.131 e. The van der Waals surface area contributed by atoms with Crippen LogP contribution >= 0.6 is 11.6 Å². The van der Waals surface area contributed by atoms with Crippen molar-refractivity contribution in [3.8, 4) is 0 Å². The van der Waals surface area contributed by atoms with Gasteiger partial charge in [-0.3, -0.25) is 0 Å². The van der Waals surface area contributed by atoms with Gasteiger partial charge in [-0.15, -0.1) is 0 Å². The number of hydrogen-bond acceptors (Lipinski definition) is 1. The van der Waals surface area contributed by atoms with Gasteiger partial charge in [0.15, 0.2) is 0 Å². The van der Waals surface area contributed by atoms with Gasteiger partial charge < -0.3 is 5.32 Å². The van der Waals surface area contributed by atoms with Gasteiger partial charge in [0.05, 0.1) is 6.04 Å². The van der Waals surface area contributed by atoms with Crippen molar-refractivity contribution in [1.82, 2.24) is 5.32 Å². The Morgan fingerprint density at radius 3 is 2.57 bits per heavy atom. The highest BCUT2D eigenvalue weighted by Crippen LogP contribution is 2.28. The summed E-state index contributed by atoms with van der Waals surface area (Å²) < 4.78 is 27.6. The molecule has 0 amide bonds. The summed E-state index contributed by atoms with van der Waals surface area (Å²) >= 11 is 6.03. The number of rotatable bonds is 5. The molecule has 1 unspecified atom stereocenters. The fourth-order valence-corrected chi connectivity index (χ4v) is 2.48. The third kappa shape index (κ3) is 3.80. The molecule has 0 radical (unpaired) electrons. The van der Waals surface area contributed by atoms with Crippen LogP contribution in [0, 0.1) is 18.6 Å². The first kappa shape index (κ1) is 15.9. The molecule has 0 aliphatic rings. The number of aryl methyl sites for hydroxylation is 1. The fourth-order valence-electron chi connectivity index (χ4n) is 2.28. The summed E-state index contributed by atoms with van der Waals surface area (Å²) in [5, 5.41) is 3.89. The summed E-state index contributed by atoms with van der Waals surface area (Å²) in [5.74, 6) is -1.08. The van der Waals surface area contributed by atoms with Crippen LogP contribution in [0.5, 0.6) is 0 Å². The van der Waals surface area contributed by atoms with Gasteiger partial charge in [0.1, 0.15) is 11.6 Å². The van der Waals surface area contributed by atoms with Crippen molar-refractivity contribution in [2.24, 2.45) is 0 Å². The van der Waals surface area contributed by atoms with Gasteiger partial charge in [-0.25, -0.2) is 8.78 Å². The van der Waals surface area contributed by atoms with Crippen LogP contribution in [0.25, 0.3) is 0 Å². The van der Waals surface area contributed by atoms with Crippen molar-refractivity contribution in [3.05, 3.63) is 69.7 Å². The van der Waals surface area contributed by atoms with Crippen molar-refractivity contribution in [3.63, 3.8) is 0 Å². The second-order valence-electron chi connectivity index (χ2n) is 5.07. The Bertz CT molecular complexity index is 628. The fraction of sp³-hybridized carbons (Fsp3) is 0.294. The second kappa shape index (κ2) is 7.01. The standard InChI is InChI=1S/C17H18ClF2N/c1-3-7-21-17(12-5-4-6-13(18)9-12)14-8-11(2)15(19)10-16(14)20/h4-6,8-10,17,21H,3,7H2,1-2H3. The van der Waals surface area contributed by atoms with Crippen LogP contribution < -0.4 is 5.32 Å². The lowest BCUT2D eigenvalue weighted by Gasteiger charge is -2.21. The highest BCUT2D eigenvalue weighted by Gasteiger charge is 2.19. The number of benzene rings is 2. The minimum atomic E-state index is -0.549. The average molecular weight is 310 g/mol. The second-order valence-corrected chi connectivity index (χ2v) is 5.50. The predicted octanol–water partition coefficient (Wildman–Crippen LogP) is 5.02. The van der Waals surface area contributed by atoms with Crippen LogP contribution in [0.15, 0.2) is 36.4 Å². The number of halogens is 3. The van der Waals surface area contributed by atoms with Crippen LogP contribution in [0.2, 0.25) is 5.02 Å². The molecule has 4 heteroatoms. The van der Waals surface area contributed by atoms with E-state index in [-0.39, 0.29) is 6.04 Å². The summed E-state index contributed by atoms with van der Waals surface area (Å²) in [6, 6.07) is 9.43. The summed E-state index contributed by atoms with van der Waals surface area (Å²) in [5.41, 5.74) is 1.72. The lowest BCUT2D eigenvalue weighted by molar-refractivity contribution is 0.530. The monoisotopic (exact) mass is 309 g/mol. The molecule has 0 aliphatic carbocycles. The van der Waals surface area contributed by atoms with E-state index in [1.54, 1.807) is 25.1 Å². The summed E-state index contributed by atoms with van der Waals surface area (Å²) in [7, 11) is 0. The van der Waals surface area contributed by atoms with Crippen LogP contribution in [-0.4, -0.2) is 6.54 Å². The van der Waals surface area contributed by atoms with Gasteiger partial charge in [0.25, 0.3) is 0 Å². The maximum absolute atomic E-state index is 14.2. The molecule has 0 aliphatic heterocycles. The van der Waals surface area contributed by atoms with Gasteiger partial charge in [-0.1, -0.05) is 30.7 Å². The summed E-state index contributed by atoms with van der Waals surface area (Å²) in [6.07, 6.45) is 0.916. The van der Waals surface area contributed by atoms with Gasteiger partial charge >= 0.3 is 0 Å². The molecular formula is C17H18ClF2N. The van der Waals surface area contributed by atoms with Gasteiger partial charge in [0.2, 0.25) is 0 Å². The minimum absolute atomic E-state index is 0.344. The maximum Gasteiger partial charge on any atom is 0.131 e. The Kier molecular flexibility index (Phi) is 5.32. The Balaban J connectivity index is 2.47. The highest BCUT2D eigenvalue weighted by molar-refractivity contribution is 6.30. The lowest BCUT2D eigenvalue weighted by Crippen LogP contribution is -2.24. The van der Waals surface area contributed by atoms with E-state index < -0.39 is 11.6 Å². The van der Waals surface area contributed by atoms with Crippen molar-refractivity contribution in [1.29, 1.82) is 0 Å². The SMILES string of the molecule is CCCNC(c1cccc(Cl)c1)c1cc(C)c(F)cc1F. The van der Waals surface area contributed by atoms with E-state index in [9.17, 15) is 8.78 Å². The molecule has 0 saturated heterocycles. The third-order valence-corrected chi connectivity index (χ3v) is 3.60. The number of nitrogens with one attached hydrogen (secondary N) is 1. The minimum Gasteiger partial charge on any atom is -0.306 e. The van der Waals surface area contributed by atoms with E-state index >= 15 is 0 Å².